The van der Waals surface area contributed by atoms with Gasteiger partial charge in [0.05, 0.1) is 6.54 Å². The lowest BCUT2D eigenvalue weighted by atomic mass is 10.1. The summed E-state index contributed by atoms with van der Waals surface area (Å²) in [6.07, 6.45) is 0.794. The van der Waals surface area contributed by atoms with Gasteiger partial charge in [0.1, 0.15) is 0 Å². The molecule has 0 aliphatic rings. The average Bonchev–Trinajstić information content (AvgIpc) is 2.89. The molecule has 0 aliphatic heterocycles. The molecule has 18 heavy (non-hydrogen) atoms. The van der Waals surface area contributed by atoms with Gasteiger partial charge in [-0.1, -0.05) is 36.4 Å². The highest BCUT2D eigenvalue weighted by atomic mass is 32.1. The lowest BCUT2D eigenvalue weighted by Crippen LogP contribution is -2.31. The maximum absolute atomic E-state index is 13.8. The van der Waals surface area contributed by atoms with Gasteiger partial charge >= 0.3 is 0 Å². The fourth-order valence-electron chi connectivity index (χ4n) is 1.70. The molecule has 0 radical (unpaired) electrons. The van der Waals surface area contributed by atoms with Crippen LogP contribution >= 0.6 is 11.3 Å². The summed E-state index contributed by atoms with van der Waals surface area (Å²) in [6, 6.07) is 11.9. The molecule has 1 N–H and O–H groups in total. The minimum Gasteiger partial charge on any atom is -0.311 e. The van der Waals surface area contributed by atoms with Crippen LogP contribution in [-0.4, -0.2) is 13.1 Å². The first-order valence-corrected chi connectivity index (χ1v) is 6.73. The summed E-state index contributed by atoms with van der Waals surface area (Å²) in [6.45, 7) is 0.255. The van der Waals surface area contributed by atoms with E-state index in [1.807, 2.05) is 17.5 Å². The number of alkyl halides is 2. The predicted octanol–water partition coefficient (Wildman–Crippen LogP) is 3.67. The summed E-state index contributed by atoms with van der Waals surface area (Å²) in [5.41, 5.74) is 0.0635. The molecule has 0 fully saturated rings. The third-order valence-electron chi connectivity index (χ3n) is 2.67. The van der Waals surface area contributed by atoms with Crippen molar-refractivity contribution in [1.82, 2.24) is 5.32 Å². The van der Waals surface area contributed by atoms with Crippen LogP contribution in [0.3, 0.4) is 0 Å². The van der Waals surface area contributed by atoms with E-state index in [1.54, 1.807) is 29.5 Å². The van der Waals surface area contributed by atoms with E-state index in [0.717, 1.165) is 6.42 Å². The number of nitrogens with one attached hydrogen (secondary N) is 1. The number of thiophene rings is 1. The third-order valence-corrected chi connectivity index (χ3v) is 3.61. The van der Waals surface area contributed by atoms with Gasteiger partial charge in [0, 0.05) is 17.0 Å². The van der Waals surface area contributed by atoms with E-state index in [2.05, 4.69) is 5.32 Å². The zero-order chi connectivity index (χ0) is 12.8. The quantitative estimate of drug-likeness (QED) is 0.787. The van der Waals surface area contributed by atoms with Crippen LogP contribution in [-0.2, 0) is 12.3 Å². The van der Waals surface area contributed by atoms with Crippen molar-refractivity contribution >= 4 is 11.3 Å². The van der Waals surface area contributed by atoms with E-state index in [1.165, 1.54) is 17.0 Å². The second-order valence-electron chi connectivity index (χ2n) is 4.08. The maximum atomic E-state index is 13.8. The molecule has 0 unspecified atom stereocenters. The monoisotopic (exact) mass is 267 g/mol. The van der Waals surface area contributed by atoms with Gasteiger partial charge in [0.2, 0.25) is 0 Å². The van der Waals surface area contributed by atoms with E-state index in [9.17, 15) is 8.78 Å². The van der Waals surface area contributed by atoms with Gasteiger partial charge in [-0.2, -0.15) is 8.78 Å². The second kappa shape index (κ2) is 6.07. The van der Waals surface area contributed by atoms with Crippen LogP contribution in [0.15, 0.2) is 47.8 Å². The van der Waals surface area contributed by atoms with Gasteiger partial charge in [0.25, 0.3) is 5.92 Å². The molecule has 96 valence electrons. The average molecular weight is 267 g/mol. The zero-order valence-electron chi connectivity index (χ0n) is 9.90. The molecular formula is C14H15F2NS. The molecule has 1 aromatic carbocycles. The van der Waals surface area contributed by atoms with Crippen LogP contribution < -0.4 is 5.32 Å². The summed E-state index contributed by atoms with van der Waals surface area (Å²) in [5, 5.41) is 4.81. The van der Waals surface area contributed by atoms with Crippen LogP contribution in [0.2, 0.25) is 0 Å². The third kappa shape index (κ3) is 3.62. The number of hydrogen-bond acceptors (Lipinski definition) is 2. The highest BCUT2D eigenvalue weighted by Gasteiger charge is 2.30. The van der Waals surface area contributed by atoms with E-state index in [-0.39, 0.29) is 12.1 Å². The standard InChI is InChI=1S/C14H15F2NS/c15-14(16,12-5-2-1-3-6-12)11-17-9-8-13-7-4-10-18-13/h1-7,10,17H,8-9,11H2. The molecular weight excluding hydrogens is 252 g/mol. The van der Waals surface area contributed by atoms with Crippen LogP contribution in [0.25, 0.3) is 0 Å². The lowest BCUT2D eigenvalue weighted by Gasteiger charge is -2.17. The normalized spacial score (nSPS) is 11.7. The molecule has 0 spiro atoms. The van der Waals surface area contributed by atoms with Crippen molar-refractivity contribution in [3.63, 3.8) is 0 Å². The Morgan fingerprint density at radius 3 is 2.50 bits per heavy atom. The molecule has 2 aromatic rings. The Labute approximate surface area is 109 Å². The molecule has 4 heteroatoms. The predicted molar refractivity (Wildman–Crippen MR) is 71.2 cm³/mol. The maximum Gasteiger partial charge on any atom is 0.285 e. The molecule has 1 aromatic heterocycles. The highest BCUT2D eigenvalue weighted by molar-refractivity contribution is 7.09. The Bertz CT molecular complexity index is 454. The molecule has 0 aliphatic carbocycles. The van der Waals surface area contributed by atoms with Crippen molar-refractivity contribution in [2.24, 2.45) is 0 Å². The minimum atomic E-state index is -2.81. The van der Waals surface area contributed by atoms with E-state index >= 15 is 0 Å². The van der Waals surface area contributed by atoms with Crippen molar-refractivity contribution in [2.75, 3.05) is 13.1 Å². The lowest BCUT2D eigenvalue weighted by molar-refractivity contribution is -0.00284. The molecule has 1 heterocycles. The minimum absolute atomic E-state index is 0.0635. The van der Waals surface area contributed by atoms with Gasteiger partial charge in [-0.25, -0.2) is 0 Å². The topological polar surface area (TPSA) is 12.0 Å². The fourth-order valence-corrected chi connectivity index (χ4v) is 2.40. The van der Waals surface area contributed by atoms with E-state index < -0.39 is 5.92 Å². The first-order chi connectivity index (χ1) is 8.68. The summed E-state index contributed by atoms with van der Waals surface area (Å²) < 4.78 is 27.5. The smallest absolute Gasteiger partial charge is 0.285 e. The number of hydrogen-bond donors (Lipinski definition) is 1. The number of rotatable bonds is 6. The Morgan fingerprint density at radius 2 is 1.83 bits per heavy atom. The van der Waals surface area contributed by atoms with Crippen LogP contribution in [0.1, 0.15) is 10.4 Å². The molecule has 0 saturated carbocycles. The molecule has 2 rings (SSSR count). The molecule has 0 saturated heterocycles. The van der Waals surface area contributed by atoms with E-state index in [4.69, 9.17) is 0 Å². The largest absolute Gasteiger partial charge is 0.311 e. The molecule has 0 bridgehead atoms. The Hall–Kier alpha value is -1.26. The SMILES string of the molecule is FC(F)(CNCCc1cccs1)c1ccccc1. The molecule has 0 atom stereocenters. The Morgan fingerprint density at radius 1 is 1.06 bits per heavy atom. The molecule has 1 nitrogen and oxygen atoms in total. The van der Waals surface area contributed by atoms with Gasteiger partial charge in [-0.3, -0.25) is 0 Å². The van der Waals surface area contributed by atoms with Crippen molar-refractivity contribution in [2.45, 2.75) is 12.3 Å². The number of benzene rings is 1. The van der Waals surface area contributed by atoms with Crippen molar-refractivity contribution in [3.05, 3.63) is 58.3 Å². The summed E-state index contributed by atoms with van der Waals surface area (Å²) in [5.74, 6) is -2.81. The van der Waals surface area contributed by atoms with Crippen LogP contribution in [0.5, 0.6) is 0 Å². The highest BCUT2D eigenvalue weighted by Crippen LogP contribution is 2.26. The van der Waals surface area contributed by atoms with Crippen molar-refractivity contribution in [3.8, 4) is 0 Å². The first kappa shape index (κ1) is 13.2. The van der Waals surface area contributed by atoms with E-state index in [0.29, 0.717) is 6.54 Å². The van der Waals surface area contributed by atoms with Crippen molar-refractivity contribution < 1.29 is 8.78 Å². The van der Waals surface area contributed by atoms with Gasteiger partial charge in [-0.15, -0.1) is 11.3 Å². The van der Waals surface area contributed by atoms with Crippen LogP contribution in [0, 0.1) is 0 Å². The van der Waals surface area contributed by atoms with Crippen LogP contribution in [0.4, 0.5) is 8.78 Å². The zero-order valence-corrected chi connectivity index (χ0v) is 10.7. The Kier molecular flexibility index (Phi) is 4.44. The summed E-state index contributed by atoms with van der Waals surface area (Å²) in [7, 11) is 0. The summed E-state index contributed by atoms with van der Waals surface area (Å²) >= 11 is 1.65. The fraction of sp³-hybridized carbons (Fsp3) is 0.286. The van der Waals surface area contributed by atoms with Crippen molar-refractivity contribution in [1.29, 1.82) is 0 Å². The number of halogens is 2. The second-order valence-corrected chi connectivity index (χ2v) is 5.11. The Balaban J connectivity index is 1.79. The summed E-state index contributed by atoms with van der Waals surface area (Å²) in [4.78, 5) is 1.21. The van der Waals surface area contributed by atoms with Gasteiger partial charge in [0.15, 0.2) is 0 Å². The van der Waals surface area contributed by atoms with Gasteiger partial charge < -0.3 is 5.32 Å². The first-order valence-electron chi connectivity index (χ1n) is 5.85. The van der Waals surface area contributed by atoms with Gasteiger partial charge in [-0.05, 0) is 17.9 Å². The molecule has 0 amide bonds.